The Kier molecular flexibility index (Phi) is 17.8. The predicted octanol–water partition coefficient (Wildman–Crippen LogP) is 7.01. The summed E-state index contributed by atoms with van der Waals surface area (Å²) in [5.74, 6) is -0.181. The van der Waals surface area contributed by atoms with Gasteiger partial charge in [0.15, 0.2) is 0 Å². The van der Waals surface area contributed by atoms with Crippen LogP contribution in [-0.2, 0) is 9.53 Å². The monoisotopic (exact) mass is 406 g/mol. The highest BCUT2D eigenvalue weighted by molar-refractivity contribution is 8.17. The molecule has 148 valence electrons. The molecular weight excluding hydrogens is 368 g/mol. The van der Waals surface area contributed by atoms with E-state index < -0.39 is 3.41 Å². The van der Waals surface area contributed by atoms with Gasteiger partial charge in [-0.3, -0.25) is 4.79 Å². The molecule has 0 atom stereocenters. The molecule has 0 radical (unpaired) electrons. The fourth-order valence-corrected chi connectivity index (χ4v) is 2.78. The summed E-state index contributed by atoms with van der Waals surface area (Å²) in [4.78, 5) is 11.5. The summed E-state index contributed by atoms with van der Waals surface area (Å²) in [6, 6.07) is 0. The summed E-state index contributed by atoms with van der Waals surface area (Å²) in [7, 11) is 0. The lowest BCUT2D eigenvalue weighted by Gasteiger charge is -2.14. The normalized spacial score (nSPS) is 12.0. The van der Waals surface area contributed by atoms with Crippen molar-refractivity contribution < 1.29 is 9.53 Å². The van der Waals surface area contributed by atoms with Crippen LogP contribution in [0.2, 0.25) is 0 Å². The van der Waals surface area contributed by atoms with Crippen LogP contribution in [0.5, 0.6) is 0 Å². The number of carbonyl (C=O) groups excluding carboxylic acids is 1. The number of hydrogen-bond acceptors (Lipinski definition) is 5. The first kappa shape index (κ1) is 25.3. The maximum atomic E-state index is 11.5. The molecule has 0 aliphatic carbocycles. The van der Waals surface area contributed by atoms with E-state index in [1.165, 1.54) is 70.6 Å². The zero-order valence-electron chi connectivity index (χ0n) is 15.9. The Bertz CT molecular complexity index is 338. The number of unbranched alkanes of at least 4 members (excludes halogenated alkanes) is 11. The molecule has 0 aliphatic heterocycles. The van der Waals surface area contributed by atoms with Gasteiger partial charge in [0.1, 0.15) is 10.0 Å². The smallest absolute Gasteiger partial charge is 0.305 e. The third kappa shape index (κ3) is 22.2. The second-order valence-electron chi connectivity index (χ2n) is 6.77. The van der Waals surface area contributed by atoms with Crippen LogP contribution in [-0.4, -0.2) is 16.0 Å². The molecule has 0 rings (SSSR count). The minimum absolute atomic E-state index is 0.117. The highest BCUT2D eigenvalue weighted by Crippen LogP contribution is 2.24. The van der Waals surface area contributed by atoms with Gasteiger partial charge in [0.05, 0.1) is 0 Å². The standard InChI is InChI=1S/C20H38O2S3/c1-2-3-4-5-6-7-8-9-10-11-12-13-14-15-16-17-19(21)22-18-20(23,24)25/h9-10,23-25H,2-8,11-18H2,1H3/b10-9-. The molecule has 0 N–H and O–H groups in total. The summed E-state index contributed by atoms with van der Waals surface area (Å²) in [6.45, 7) is 2.38. The molecule has 0 amide bonds. The van der Waals surface area contributed by atoms with Crippen LogP contribution in [0.15, 0.2) is 12.2 Å². The summed E-state index contributed by atoms with van der Waals surface area (Å²) >= 11 is 12.2. The molecule has 0 fully saturated rings. The largest absolute Gasteiger partial charge is 0.462 e. The molecule has 0 aromatic carbocycles. The van der Waals surface area contributed by atoms with E-state index in [0.717, 1.165) is 12.8 Å². The Balaban J connectivity index is 3.25. The average Bonchev–Trinajstić information content (AvgIpc) is 2.56. The summed E-state index contributed by atoms with van der Waals surface area (Å²) in [5.41, 5.74) is 0. The Morgan fingerprint density at radius 1 is 0.800 bits per heavy atom. The van der Waals surface area contributed by atoms with Crippen molar-refractivity contribution in [2.75, 3.05) is 6.61 Å². The zero-order valence-corrected chi connectivity index (χ0v) is 18.6. The lowest BCUT2D eigenvalue weighted by atomic mass is 10.1. The minimum atomic E-state index is -0.849. The van der Waals surface area contributed by atoms with Crippen molar-refractivity contribution in [3.63, 3.8) is 0 Å². The van der Waals surface area contributed by atoms with Gasteiger partial charge in [-0.1, -0.05) is 70.4 Å². The minimum Gasteiger partial charge on any atom is -0.462 e. The molecule has 0 heterocycles. The maximum absolute atomic E-state index is 11.5. The second kappa shape index (κ2) is 17.7. The van der Waals surface area contributed by atoms with E-state index in [1.807, 2.05) is 0 Å². The molecule has 25 heavy (non-hydrogen) atoms. The highest BCUT2D eigenvalue weighted by atomic mass is 32.2. The third-order valence-electron chi connectivity index (χ3n) is 4.07. The van der Waals surface area contributed by atoms with E-state index in [0.29, 0.717) is 6.42 Å². The van der Waals surface area contributed by atoms with Crippen molar-refractivity contribution in [3.05, 3.63) is 12.2 Å². The van der Waals surface area contributed by atoms with Gasteiger partial charge in [-0.25, -0.2) is 0 Å². The number of esters is 1. The van der Waals surface area contributed by atoms with Gasteiger partial charge in [-0.05, 0) is 32.1 Å². The zero-order chi connectivity index (χ0) is 18.8. The number of ether oxygens (including phenoxy) is 1. The first-order valence-electron chi connectivity index (χ1n) is 9.93. The topological polar surface area (TPSA) is 26.3 Å². The van der Waals surface area contributed by atoms with Crippen molar-refractivity contribution in [3.8, 4) is 0 Å². The van der Waals surface area contributed by atoms with Gasteiger partial charge in [-0.2, -0.15) is 0 Å². The van der Waals surface area contributed by atoms with Gasteiger partial charge in [-0.15, -0.1) is 37.9 Å². The van der Waals surface area contributed by atoms with E-state index >= 15 is 0 Å². The fourth-order valence-electron chi connectivity index (χ4n) is 2.59. The molecule has 0 spiro atoms. The number of thiol groups is 3. The Hall–Kier alpha value is 0.260. The average molecular weight is 407 g/mol. The number of carbonyl (C=O) groups is 1. The van der Waals surface area contributed by atoms with Crippen LogP contribution < -0.4 is 0 Å². The number of allylic oxidation sites excluding steroid dienone is 2. The van der Waals surface area contributed by atoms with E-state index in [9.17, 15) is 4.79 Å². The van der Waals surface area contributed by atoms with Crippen LogP contribution in [0.3, 0.4) is 0 Å². The summed E-state index contributed by atoms with van der Waals surface area (Å²) < 4.78 is 4.20. The molecule has 0 aliphatic rings. The number of hydrogen-bond donors (Lipinski definition) is 3. The molecular formula is C20H38O2S3. The molecule has 0 unspecified atom stereocenters. The van der Waals surface area contributed by atoms with Crippen molar-refractivity contribution >= 4 is 43.9 Å². The Morgan fingerprint density at radius 3 is 1.80 bits per heavy atom. The quantitative estimate of drug-likeness (QED) is 0.0796. The highest BCUT2D eigenvalue weighted by Gasteiger charge is 2.16. The van der Waals surface area contributed by atoms with Crippen molar-refractivity contribution in [2.24, 2.45) is 0 Å². The second-order valence-corrected chi connectivity index (χ2v) is 10.1. The molecule has 0 saturated carbocycles. The lowest BCUT2D eigenvalue weighted by Crippen LogP contribution is -2.17. The van der Waals surface area contributed by atoms with Crippen molar-refractivity contribution in [2.45, 2.75) is 100 Å². The van der Waals surface area contributed by atoms with Crippen LogP contribution in [0.1, 0.15) is 96.8 Å². The van der Waals surface area contributed by atoms with Crippen LogP contribution in [0.4, 0.5) is 0 Å². The van der Waals surface area contributed by atoms with Crippen molar-refractivity contribution in [1.82, 2.24) is 0 Å². The van der Waals surface area contributed by atoms with Gasteiger partial charge in [0.25, 0.3) is 0 Å². The Morgan fingerprint density at radius 2 is 1.28 bits per heavy atom. The lowest BCUT2D eigenvalue weighted by molar-refractivity contribution is -0.143. The van der Waals surface area contributed by atoms with E-state index in [1.54, 1.807) is 0 Å². The van der Waals surface area contributed by atoms with Gasteiger partial charge >= 0.3 is 5.97 Å². The van der Waals surface area contributed by atoms with Gasteiger partial charge in [0.2, 0.25) is 0 Å². The van der Waals surface area contributed by atoms with Gasteiger partial charge in [0, 0.05) is 6.42 Å². The fraction of sp³-hybridized carbons (Fsp3) is 0.850. The number of rotatable bonds is 17. The van der Waals surface area contributed by atoms with E-state index in [-0.39, 0.29) is 12.6 Å². The van der Waals surface area contributed by atoms with Crippen LogP contribution in [0, 0.1) is 0 Å². The summed E-state index contributed by atoms with van der Waals surface area (Å²) in [5, 5.41) is 0. The SMILES string of the molecule is CCCCCCCC/C=C\CCCCCCCC(=O)OCC(S)(S)S. The van der Waals surface area contributed by atoms with E-state index in [4.69, 9.17) is 4.74 Å². The molecule has 0 aromatic rings. The van der Waals surface area contributed by atoms with Crippen LogP contribution >= 0.6 is 37.9 Å². The Labute approximate surface area is 172 Å². The molecule has 2 nitrogen and oxygen atoms in total. The van der Waals surface area contributed by atoms with Crippen molar-refractivity contribution in [1.29, 1.82) is 0 Å². The summed E-state index contributed by atoms with van der Waals surface area (Å²) in [6.07, 6.45) is 21.5. The van der Waals surface area contributed by atoms with Gasteiger partial charge < -0.3 is 4.74 Å². The molecule has 5 heteroatoms. The maximum Gasteiger partial charge on any atom is 0.305 e. The first-order valence-corrected chi connectivity index (χ1v) is 11.3. The first-order chi connectivity index (χ1) is 12.0. The van der Waals surface area contributed by atoms with E-state index in [2.05, 4.69) is 57.0 Å². The molecule has 0 saturated heterocycles. The molecule has 0 bridgehead atoms. The third-order valence-corrected chi connectivity index (χ3v) is 4.46. The predicted molar refractivity (Wildman–Crippen MR) is 120 cm³/mol. The molecule has 0 aromatic heterocycles. The van der Waals surface area contributed by atoms with Crippen LogP contribution in [0.25, 0.3) is 0 Å².